The van der Waals surface area contributed by atoms with Crippen molar-refractivity contribution in [2.24, 2.45) is 5.92 Å². The van der Waals surface area contributed by atoms with Crippen molar-refractivity contribution >= 4 is 27.6 Å². The molecule has 154 valence electrons. The number of amides is 1. The van der Waals surface area contributed by atoms with Gasteiger partial charge in [0, 0.05) is 18.8 Å². The number of ether oxygens (including phenoxy) is 2. The number of hydrogen-bond acceptors (Lipinski definition) is 6. The number of nitrogens with zero attached hydrogens (tertiary/aromatic N) is 1. The van der Waals surface area contributed by atoms with Crippen LogP contribution in [0.2, 0.25) is 0 Å². The van der Waals surface area contributed by atoms with Crippen molar-refractivity contribution < 1.29 is 27.5 Å². The maximum absolute atomic E-state index is 13.0. The van der Waals surface area contributed by atoms with E-state index >= 15 is 0 Å². The van der Waals surface area contributed by atoms with E-state index in [0.29, 0.717) is 18.8 Å². The number of benzene rings is 1. The number of esters is 1. The fourth-order valence-electron chi connectivity index (χ4n) is 3.30. The predicted octanol–water partition coefficient (Wildman–Crippen LogP) is 2.15. The van der Waals surface area contributed by atoms with Crippen LogP contribution in [0.15, 0.2) is 23.1 Å². The van der Waals surface area contributed by atoms with Gasteiger partial charge in [0.15, 0.2) is 6.61 Å². The molecule has 0 spiro atoms. The third-order valence-corrected chi connectivity index (χ3v) is 7.08. The van der Waals surface area contributed by atoms with Gasteiger partial charge in [0.2, 0.25) is 10.0 Å². The summed E-state index contributed by atoms with van der Waals surface area (Å²) in [5.74, 6) is -0.751. The Morgan fingerprint density at radius 1 is 1.14 bits per heavy atom. The highest BCUT2D eigenvalue weighted by molar-refractivity contribution is 7.89. The van der Waals surface area contributed by atoms with Crippen LogP contribution in [0.4, 0.5) is 5.69 Å². The third kappa shape index (κ3) is 4.64. The summed E-state index contributed by atoms with van der Waals surface area (Å²) in [5, 5.41) is 2.58. The number of sulfonamides is 1. The number of methoxy groups -OCH3 is 1. The van der Waals surface area contributed by atoms with E-state index in [1.54, 1.807) is 6.07 Å². The molecule has 0 unspecified atom stereocenters. The van der Waals surface area contributed by atoms with Gasteiger partial charge in [-0.3, -0.25) is 9.59 Å². The van der Waals surface area contributed by atoms with Crippen LogP contribution in [-0.2, 0) is 24.3 Å². The SMILES string of the molecule is COc1ccc(NC(=O)COC(=O)C2CCC2)cc1S(=O)(=O)N1CCCCC1. The molecular formula is C19H26N2O6S. The molecule has 0 radical (unpaired) electrons. The van der Waals surface area contributed by atoms with Crippen LogP contribution < -0.4 is 10.1 Å². The van der Waals surface area contributed by atoms with E-state index in [4.69, 9.17) is 9.47 Å². The Hall–Kier alpha value is -2.13. The molecule has 1 saturated carbocycles. The van der Waals surface area contributed by atoms with Crippen LogP contribution in [-0.4, -0.2) is 51.4 Å². The first-order valence-electron chi connectivity index (χ1n) is 9.56. The zero-order chi connectivity index (χ0) is 20.1. The van der Waals surface area contributed by atoms with Crippen LogP contribution in [0, 0.1) is 5.92 Å². The number of hydrogen-bond donors (Lipinski definition) is 1. The van der Waals surface area contributed by atoms with Crippen molar-refractivity contribution in [3.05, 3.63) is 18.2 Å². The molecule has 2 fully saturated rings. The molecular weight excluding hydrogens is 384 g/mol. The van der Waals surface area contributed by atoms with Crippen LogP contribution in [0.1, 0.15) is 38.5 Å². The molecule has 1 aliphatic heterocycles. The quantitative estimate of drug-likeness (QED) is 0.691. The molecule has 28 heavy (non-hydrogen) atoms. The molecule has 1 amide bonds. The molecule has 0 bridgehead atoms. The number of rotatable bonds is 7. The van der Waals surface area contributed by atoms with Crippen molar-refractivity contribution in [1.82, 2.24) is 4.31 Å². The molecule has 8 nitrogen and oxygen atoms in total. The lowest BCUT2D eigenvalue weighted by Gasteiger charge is -2.26. The van der Waals surface area contributed by atoms with E-state index in [2.05, 4.69) is 5.32 Å². The second-order valence-corrected chi connectivity index (χ2v) is 9.02. The second-order valence-electron chi connectivity index (χ2n) is 7.11. The summed E-state index contributed by atoms with van der Waals surface area (Å²) in [7, 11) is -2.32. The summed E-state index contributed by atoms with van der Waals surface area (Å²) in [5.41, 5.74) is 0.307. The minimum atomic E-state index is -3.72. The molecule has 9 heteroatoms. The van der Waals surface area contributed by atoms with Crippen molar-refractivity contribution in [3.8, 4) is 5.75 Å². The van der Waals surface area contributed by atoms with E-state index in [1.807, 2.05) is 0 Å². The van der Waals surface area contributed by atoms with E-state index in [-0.39, 0.29) is 22.5 Å². The Morgan fingerprint density at radius 2 is 1.86 bits per heavy atom. The Morgan fingerprint density at radius 3 is 2.46 bits per heavy atom. The fraction of sp³-hybridized carbons (Fsp3) is 0.579. The van der Waals surface area contributed by atoms with Gasteiger partial charge in [-0.25, -0.2) is 8.42 Å². The Labute approximate surface area is 165 Å². The van der Waals surface area contributed by atoms with Gasteiger partial charge in [-0.05, 0) is 43.9 Å². The van der Waals surface area contributed by atoms with Gasteiger partial charge in [0.25, 0.3) is 5.91 Å². The first-order chi connectivity index (χ1) is 13.4. The highest BCUT2D eigenvalue weighted by atomic mass is 32.2. The molecule has 0 atom stereocenters. The highest BCUT2D eigenvalue weighted by Crippen LogP contribution is 2.31. The monoisotopic (exact) mass is 410 g/mol. The topological polar surface area (TPSA) is 102 Å². The van der Waals surface area contributed by atoms with Crippen LogP contribution in [0.5, 0.6) is 5.75 Å². The maximum Gasteiger partial charge on any atom is 0.309 e. The molecule has 1 aromatic carbocycles. The molecule has 1 N–H and O–H groups in total. The van der Waals surface area contributed by atoms with Gasteiger partial charge in [-0.15, -0.1) is 0 Å². The third-order valence-electron chi connectivity index (χ3n) is 5.16. The van der Waals surface area contributed by atoms with Crippen molar-refractivity contribution in [3.63, 3.8) is 0 Å². The first kappa shape index (κ1) is 20.6. The van der Waals surface area contributed by atoms with Gasteiger partial charge < -0.3 is 14.8 Å². The van der Waals surface area contributed by atoms with Crippen LogP contribution in [0.3, 0.4) is 0 Å². The van der Waals surface area contributed by atoms with E-state index in [1.165, 1.54) is 23.5 Å². The molecule has 1 aliphatic carbocycles. The Bertz CT molecular complexity index is 829. The summed E-state index contributed by atoms with van der Waals surface area (Å²) in [4.78, 5) is 23.8. The Kier molecular flexibility index (Phi) is 6.56. The average Bonchev–Trinajstić information content (AvgIpc) is 2.65. The van der Waals surface area contributed by atoms with Gasteiger partial charge >= 0.3 is 5.97 Å². The zero-order valence-electron chi connectivity index (χ0n) is 16.0. The summed E-state index contributed by atoms with van der Waals surface area (Å²) >= 11 is 0. The molecule has 0 aromatic heterocycles. The highest BCUT2D eigenvalue weighted by Gasteiger charge is 2.30. The number of carbonyl (C=O) groups excluding carboxylic acids is 2. The van der Waals surface area contributed by atoms with Gasteiger partial charge in [0.1, 0.15) is 10.6 Å². The number of nitrogens with one attached hydrogen (secondary N) is 1. The fourth-order valence-corrected chi connectivity index (χ4v) is 4.99. The lowest BCUT2D eigenvalue weighted by atomic mass is 9.86. The van der Waals surface area contributed by atoms with E-state index < -0.39 is 22.5 Å². The van der Waals surface area contributed by atoms with Gasteiger partial charge in [0.05, 0.1) is 13.0 Å². The van der Waals surface area contributed by atoms with Crippen molar-refractivity contribution in [2.45, 2.75) is 43.4 Å². The minimum Gasteiger partial charge on any atom is -0.495 e. The number of anilines is 1. The number of piperidine rings is 1. The van der Waals surface area contributed by atoms with Gasteiger partial charge in [-0.1, -0.05) is 12.8 Å². The van der Waals surface area contributed by atoms with Crippen LogP contribution in [0.25, 0.3) is 0 Å². The maximum atomic E-state index is 13.0. The summed E-state index contributed by atoms with van der Waals surface area (Å²) in [6, 6.07) is 4.45. The lowest BCUT2D eigenvalue weighted by Crippen LogP contribution is -2.35. The average molecular weight is 410 g/mol. The van der Waals surface area contributed by atoms with E-state index in [9.17, 15) is 18.0 Å². The molecule has 1 aromatic rings. The summed E-state index contributed by atoms with van der Waals surface area (Å²) in [6.07, 6.45) is 5.27. The normalized spacial score (nSPS) is 18.2. The Balaban J connectivity index is 1.69. The van der Waals surface area contributed by atoms with E-state index in [0.717, 1.165) is 38.5 Å². The molecule has 1 heterocycles. The molecule has 2 aliphatic rings. The first-order valence-corrected chi connectivity index (χ1v) is 11.0. The lowest BCUT2D eigenvalue weighted by molar-refractivity contribution is -0.154. The second kappa shape index (κ2) is 8.91. The number of carbonyl (C=O) groups is 2. The summed E-state index contributed by atoms with van der Waals surface area (Å²) in [6.45, 7) is 0.550. The largest absolute Gasteiger partial charge is 0.495 e. The van der Waals surface area contributed by atoms with Crippen LogP contribution >= 0.6 is 0 Å². The van der Waals surface area contributed by atoms with Crippen molar-refractivity contribution in [1.29, 1.82) is 0 Å². The predicted molar refractivity (Wildman–Crippen MR) is 103 cm³/mol. The standard InChI is InChI=1S/C19H26N2O6S/c1-26-16-9-8-15(20-18(22)13-27-19(23)14-6-5-7-14)12-17(16)28(24,25)21-10-3-2-4-11-21/h8-9,12,14H,2-7,10-11,13H2,1H3,(H,20,22). The minimum absolute atomic E-state index is 0.0150. The summed E-state index contributed by atoms with van der Waals surface area (Å²) < 4.78 is 37.7. The molecule has 3 rings (SSSR count). The molecule has 1 saturated heterocycles. The van der Waals surface area contributed by atoms with Crippen molar-refractivity contribution in [2.75, 3.05) is 32.1 Å². The zero-order valence-corrected chi connectivity index (χ0v) is 16.8. The smallest absolute Gasteiger partial charge is 0.309 e. The van der Waals surface area contributed by atoms with Gasteiger partial charge in [-0.2, -0.15) is 4.31 Å².